The highest BCUT2D eigenvalue weighted by Gasteiger charge is 2.31. The number of benzene rings is 1. The second-order valence-electron chi connectivity index (χ2n) is 7.75. The van der Waals surface area contributed by atoms with Crippen LogP contribution in [-0.2, 0) is 12.6 Å². The van der Waals surface area contributed by atoms with Crippen molar-refractivity contribution >= 4 is 5.91 Å². The van der Waals surface area contributed by atoms with E-state index < -0.39 is 11.7 Å². The number of halogens is 3. The zero-order valence-electron chi connectivity index (χ0n) is 16.9. The van der Waals surface area contributed by atoms with Gasteiger partial charge in [0.05, 0.1) is 5.56 Å². The average Bonchev–Trinajstić information content (AvgIpc) is 3.19. The molecule has 4 rings (SSSR count). The SMILES string of the molecule is Cc1nonc1C(=O)N1CCC[C@H](c2ccc(Cc3cccc(C(F)(F)F)c3)cn2)C1. The quantitative estimate of drug-likeness (QED) is 0.613. The summed E-state index contributed by atoms with van der Waals surface area (Å²) in [6.07, 6.45) is -0.551. The van der Waals surface area contributed by atoms with Gasteiger partial charge in [0.25, 0.3) is 5.91 Å². The predicted molar refractivity (Wildman–Crippen MR) is 105 cm³/mol. The van der Waals surface area contributed by atoms with Gasteiger partial charge in [-0.15, -0.1) is 0 Å². The van der Waals surface area contributed by atoms with Crippen molar-refractivity contribution in [3.05, 3.63) is 76.4 Å². The summed E-state index contributed by atoms with van der Waals surface area (Å²) in [5.74, 6) is -0.120. The number of piperidine rings is 1. The number of hydrogen-bond acceptors (Lipinski definition) is 5. The molecule has 3 aromatic rings. The second kappa shape index (κ2) is 8.49. The highest BCUT2D eigenvalue weighted by molar-refractivity contribution is 5.93. The van der Waals surface area contributed by atoms with Gasteiger partial charge < -0.3 is 4.90 Å². The monoisotopic (exact) mass is 430 g/mol. The summed E-state index contributed by atoms with van der Waals surface area (Å²) in [5.41, 5.74) is 2.31. The molecule has 1 fully saturated rings. The number of nitrogens with zero attached hydrogens (tertiary/aromatic N) is 4. The number of alkyl halides is 3. The Kier molecular flexibility index (Phi) is 5.75. The molecule has 1 saturated heterocycles. The summed E-state index contributed by atoms with van der Waals surface area (Å²) in [7, 11) is 0. The molecule has 3 heterocycles. The largest absolute Gasteiger partial charge is 0.416 e. The van der Waals surface area contributed by atoms with E-state index in [2.05, 4.69) is 19.9 Å². The van der Waals surface area contributed by atoms with Crippen LogP contribution in [0.2, 0.25) is 0 Å². The van der Waals surface area contributed by atoms with Gasteiger partial charge in [0.1, 0.15) is 5.69 Å². The molecule has 0 radical (unpaired) electrons. The van der Waals surface area contributed by atoms with Gasteiger partial charge in [-0.05, 0) is 54.6 Å². The Morgan fingerprint density at radius 1 is 1.19 bits per heavy atom. The van der Waals surface area contributed by atoms with Crippen molar-refractivity contribution in [3.63, 3.8) is 0 Å². The van der Waals surface area contributed by atoms with E-state index in [0.29, 0.717) is 30.8 Å². The summed E-state index contributed by atoms with van der Waals surface area (Å²) >= 11 is 0. The minimum Gasteiger partial charge on any atom is -0.336 e. The summed E-state index contributed by atoms with van der Waals surface area (Å²) < 4.78 is 43.4. The fourth-order valence-corrected chi connectivity index (χ4v) is 3.85. The van der Waals surface area contributed by atoms with Gasteiger partial charge in [-0.3, -0.25) is 9.78 Å². The van der Waals surface area contributed by atoms with Gasteiger partial charge in [0.15, 0.2) is 5.69 Å². The Bertz CT molecular complexity index is 1060. The first-order chi connectivity index (χ1) is 14.8. The van der Waals surface area contributed by atoms with Crippen molar-refractivity contribution in [3.8, 4) is 0 Å². The fourth-order valence-electron chi connectivity index (χ4n) is 3.85. The van der Waals surface area contributed by atoms with Gasteiger partial charge >= 0.3 is 6.18 Å². The predicted octanol–water partition coefficient (Wildman–Crippen LogP) is 4.40. The lowest BCUT2D eigenvalue weighted by Gasteiger charge is -2.32. The van der Waals surface area contributed by atoms with Crippen molar-refractivity contribution in [2.24, 2.45) is 0 Å². The molecule has 0 N–H and O–H groups in total. The number of likely N-dealkylation sites (tertiary alicyclic amines) is 1. The molecule has 0 bridgehead atoms. The second-order valence-corrected chi connectivity index (χ2v) is 7.75. The molecule has 1 aromatic carbocycles. The molecule has 1 aliphatic heterocycles. The van der Waals surface area contributed by atoms with E-state index in [1.165, 1.54) is 12.1 Å². The summed E-state index contributed by atoms with van der Waals surface area (Å²) in [6.45, 7) is 2.83. The van der Waals surface area contributed by atoms with Crippen LogP contribution in [0, 0.1) is 6.92 Å². The van der Waals surface area contributed by atoms with E-state index in [4.69, 9.17) is 0 Å². The lowest BCUT2D eigenvalue weighted by molar-refractivity contribution is -0.137. The fraction of sp³-hybridized carbons (Fsp3) is 0.364. The number of rotatable bonds is 4. The van der Waals surface area contributed by atoms with Gasteiger partial charge in [0.2, 0.25) is 0 Å². The molecule has 9 heteroatoms. The lowest BCUT2D eigenvalue weighted by Crippen LogP contribution is -2.39. The van der Waals surface area contributed by atoms with Crippen LogP contribution in [0.4, 0.5) is 13.2 Å². The molecule has 0 spiro atoms. The Balaban J connectivity index is 1.43. The molecule has 31 heavy (non-hydrogen) atoms. The van der Waals surface area contributed by atoms with Gasteiger partial charge in [-0.2, -0.15) is 13.2 Å². The van der Waals surface area contributed by atoms with E-state index in [-0.39, 0.29) is 17.5 Å². The van der Waals surface area contributed by atoms with Crippen LogP contribution in [0.15, 0.2) is 47.2 Å². The van der Waals surface area contributed by atoms with Crippen LogP contribution in [0.5, 0.6) is 0 Å². The van der Waals surface area contributed by atoms with Crippen LogP contribution < -0.4 is 0 Å². The molecule has 1 amide bonds. The standard InChI is InChI=1S/C22H21F3N4O2/c1-14-20(28-31-27-14)21(30)29-9-3-5-17(13-29)19-8-7-16(12-26-19)10-15-4-2-6-18(11-15)22(23,24)25/h2,4,6-8,11-12,17H,3,5,9-10,13H2,1H3/t17-/m0/s1. The highest BCUT2D eigenvalue weighted by Crippen LogP contribution is 2.30. The van der Waals surface area contributed by atoms with Crippen LogP contribution in [0.25, 0.3) is 0 Å². The first-order valence-corrected chi connectivity index (χ1v) is 10.0. The summed E-state index contributed by atoms with van der Waals surface area (Å²) in [6, 6.07) is 9.10. The van der Waals surface area contributed by atoms with Crippen molar-refractivity contribution in [1.82, 2.24) is 20.2 Å². The van der Waals surface area contributed by atoms with Crippen LogP contribution >= 0.6 is 0 Å². The highest BCUT2D eigenvalue weighted by atomic mass is 19.4. The minimum absolute atomic E-state index is 0.0838. The molecule has 6 nitrogen and oxygen atoms in total. The third-order valence-electron chi connectivity index (χ3n) is 5.49. The maximum atomic E-state index is 12.9. The summed E-state index contributed by atoms with van der Waals surface area (Å²) in [4.78, 5) is 18.9. The first-order valence-electron chi connectivity index (χ1n) is 10.0. The van der Waals surface area contributed by atoms with E-state index >= 15 is 0 Å². The molecule has 0 unspecified atom stereocenters. The van der Waals surface area contributed by atoms with Crippen molar-refractivity contribution in [2.45, 2.75) is 38.3 Å². The van der Waals surface area contributed by atoms with Crippen molar-refractivity contribution in [2.75, 3.05) is 13.1 Å². The smallest absolute Gasteiger partial charge is 0.336 e. The van der Waals surface area contributed by atoms with E-state index in [9.17, 15) is 18.0 Å². The van der Waals surface area contributed by atoms with Gasteiger partial charge in [-0.25, -0.2) is 4.63 Å². The minimum atomic E-state index is -4.36. The van der Waals surface area contributed by atoms with Gasteiger partial charge in [0, 0.05) is 30.9 Å². The van der Waals surface area contributed by atoms with Crippen molar-refractivity contribution < 1.29 is 22.6 Å². The number of pyridine rings is 1. The van der Waals surface area contributed by atoms with E-state index in [1.807, 2.05) is 12.1 Å². The Morgan fingerprint density at radius 2 is 2.03 bits per heavy atom. The third-order valence-corrected chi connectivity index (χ3v) is 5.49. The molecule has 2 aromatic heterocycles. The maximum absolute atomic E-state index is 12.9. The van der Waals surface area contributed by atoms with Crippen LogP contribution in [-0.4, -0.2) is 39.2 Å². The number of hydrogen-bond donors (Lipinski definition) is 0. The maximum Gasteiger partial charge on any atom is 0.416 e. The lowest BCUT2D eigenvalue weighted by atomic mass is 9.93. The normalized spacial score (nSPS) is 17.0. The molecular weight excluding hydrogens is 409 g/mol. The van der Waals surface area contributed by atoms with E-state index in [1.54, 1.807) is 24.1 Å². The molecule has 162 valence electrons. The molecular formula is C22H21F3N4O2. The average molecular weight is 430 g/mol. The number of amides is 1. The van der Waals surface area contributed by atoms with Crippen LogP contribution in [0.3, 0.4) is 0 Å². The summed E-state index contributed by atoms with van der Waals surface area (Å²) in [5, 5.41) is 7.36. The van der Waals surface area contributed by atoms with Crippen LogP contribution in [0.1, 0.15) is 57.3 Å². The topological polar surface area (TPSA) is 72.1 Å². The molecule has 0 aliphatic carbocycles. The number of aryl methyl sites for hydroxylation is 1. The van der Waals surface area contributed by atoms with E-state index in [0.717, 1.165) is 30.2 Å². The molecule has 0 saturated carbocycles. The Labute approximate surface area is 177 Å². The first kappa shape index (κ1) is 21.0. The van der Waals surface area contributed by atoms with Crippen molar-refractivity contribution in [1.29, 1.82) is 0 Å². The number of aromatic nitrogens is 3. The zero-order chi connectivity index (χ0) is 22.0. The number of carbonyl (C=O) groups excluding carboxylic acids is 1. The Morgan fingerprint density at radius 3 is 2.71 bits per heavy atom. The third kappa shape index (κ3) is 4.76. The number of carbonyl (C=O) groups is 1. The molecule has 1 aliphatic rings. The molecule has 1 atom stereocenters. The zero-order valence-corrected chi connectivity index (χ0v) is 16.9. The van der Waals surface area contributed by atoms with Gasteiger partial charge in [-0.1, -0.05) is 29.4 Å². The Hall–Kier alpha value is -3.23.